The van der Waals surface area contributed by atoms with Crippen LogP contribution in [-0.2, 0) is 16.4 Å². The van der Waals surface area contributed by atoms with Crippen LogP contribution in [0.3, 0.4) is 0 Å². The largest absolute Gasteiger partial charge is 0.486 e. The number of rotatable bonds is 8. The minimum Gasteiger partial charge on any atom is -0.486 e. The second-order valence-electron chi connectivity index (χ2n) is 6.81. The van der Waals surface area contributed by atoms with E-state index >= 15 is 0 Å². The van der Waals surface area contributed by atoms with E-state index in [4.69, 9.17) is 4.74 Å². The summed E-state index contributed by atoms with van der Waals surface area (Å²) < 4.78 is 42.8. The molecule has 0 spiro atoms. The van der Waals surface area contributed by atoms with Gasteiger partial charge in [0.1, 0.15) is 6.10 Å². The second-order valence-corrected chi connectivity index (χ2v) is 8.79. The zero-order chi connectivity index (χ0) is 21.4. The Morgan fingerprint density at radius 2 is 1.90 bits per heavy atom. The molecule has 0 aliphatic rings. The lowest BCUT2D eigenvalue weighted by Crippen LogP contribution is -2.41. The summed E-state index contributed by atoms with van der Waals surface area (Å²) in [6.07, 6.45) is 0.928. The van der Waals surface area contributed by atoms with Crippen LogP contribution < -0.4 is 15.4 Å². The first-order chi connectivity index (χ1) is 13.7. The van der Waals surface area contributed by atoms with E-state index in [1.807, 2.05) is 19.9 Å². The molecule has 2 rings (SSSR count). The van der Waals surface area contributed by atoms with Crippen molar-refractivity contribution in [1.82, 2.24) is 10.6 Å². The molecule has 0 aromatic heterocycles. The smallest absolute Gasteiger partial charge is 0.191 e. The van der Waals surface area contributed by atoms with Crippen LogP contribution in [0.2, 0.25) is 0 Å². The number of hydrogen-bond acceptors (Lipinski definition) is 4. The second kappa shape index (κ2) is 12.1. The van der Waals surface area contributed by atoms with Gasteiger partial charge >= 0.3 is 0 Å². The fourth-order valence-electron chi connectivity index (χ4n) is 2.78. The molecule has 0 aliphatic carbocycles. The van der Waals surface area contributed by atoms with E-state index in [2.05, 4.69) is 15.6 Å². The molecule has 6 nitrogen and oxygen atoms in total. The Hall–Kier alpha value is -1.88. The number of nitrogens with one attached hydrogen (secondary N) is 2. The predicted octanol–water partition coefficient (Wildman–Crippen LogP) is 3.68. The van der Waals surface area contributed by atoms with Gasteiger partial charge < -0.3 is 15.4 Å². The number of benzene rings is 2. The standard InChI is InChI=1S/C21H28FN3O3S.HI/c1-5-23-21(24-13-16(3)28-19-9-7-6-8-18(19)22)25-14-17-10-11-20(15(2)12-17)29(4,26)27;/h6-12,16H,5,13-14H2,1-4H3,(H2,23,24,25);1H. The van der Waals surface area contributed by atoms with Crippen molar-refractivity contribution in [2.24, 2.45) is 4.99 Å². The highest BCUT2D eigenvalue weighted by atomic mass is 127. The molecule has 0 bridgehead atoms. The molecule has 2 aromatic rings. The average Bonchev–Trinajstić information content (AvgIpc) is 2.65. The highest BCUT2D eigenvalue weighted by Gasteiger charge is 2.11. The molecule has 0 fully saturated rings. The van der Waals surface area contributed by atoms with Crippen molar-refractivity contribution in [3.8, 4) is 5.75 Å². The number of aryl methyl sites for hydroxylation is 1. The molecule has 0 aliphatic heterocycles. The number of para-hydroxylation sites is 1. The maximum absolute atomic E-state index is 13.7. The van der Waals surface area contributed by atoms with Crippen molar-refractivity contribution in [2.75, 3.05) is 19.3 Å². The normalized spacial score (nSPS) is 12.6. The zero-order valence-corrected chi connectivity index (χ0v) is 20.8. The Kier molecular flexibility index (Phi) is 10.5. The molecule has 0 saturated carbocycles. The van der Waals surface area contributed by atoms with Gasteiger partial charge in [0.2, 0.25) is 0 Å². The van der Waals surface area contributed by atoms with Crippen molar-refractivity contribution in [3.63, 3.8) is 0 Å². The van der Waals surface area contributed by atoms with Gasteiger partial charge in [0.15, 0.2) is 27.4 Å². The van der Waals surface area contributed by atoms with Crippen LogP contribution in [-0.4, -0.2) is 39.8 Å². The summed E-state index contributed by atoms with van der Waals surface area (Å²) >= 11 is 0. The SMILES string of the molecule is CCNC(=NCc1ccc(S(C)(=O)=O)c(C)c1)NCC(C)Oc1ccccc1F.I. The summed E-state index contributed by atoms with van der Waals surface area (Å²) in [6, 6.07) is 11.5. The van der Waals surface area contributed by atoms with Crippen molar-refractivity contribution < 1.29 is 17.5 Å². The maximum Gasteiger partial charge on any atom is 0.191 e. The van der Waals surface area contributed by atoms with Crippen LogP contribution in [0.5, 0.6) is 5.75 Å². The number of nitrogens with zero attached hydrogens (tertiary/aromatic N) is 1. The monoisotopic (exact) mass is 549 g/mol. The highest BCUT2D eigenvalue weighted by Crippen LogP contribution is 2.18. The highest BCUT2D eigenvalue weighted by molar-refractivity contribution is 14.0. The summed E-state index contributed by atoms with van der Waals surface area (Å²) in [7, 11) is -3.24. The molecule has 2 N–H and O–H groups in total. The van der Waals surface area contributed by atoms with Gasteiger partial charge in [0.05, 0.1) is 18.0 Å². The van der Waals surface area contributed by atoms with Crippen molar-refractivity contribution in [2.45, 2.75) is 38.3 Å². The van der Waals surface area contributed by atoms with E-state index in [0.717, 1.165) is 5.56 Å². The first-order valence-corrected chi connectivity index (χ1v) is 11.3. The third-order valence-electron chi connectivity index (χ3n) is 4.12. The maximum atomic E-state index is 13.7. The lowest BCUT2D eigenvalue weighted by atomic mass is 10.1. The Labute approximate surface area is 195 Å². The third kappa shape index (κ3) is 8.10. The van der Waals surface area contributed by atoms with Gasteiger partial charge in [-0.2, -0.15) is 0 Å². The lowest BCUT2D eigenvalue weighted by Gasteiger charge is -2.18. The van der Waals surface area contributed by atoms with Crippen molar-refractivity contribution >= 4 is 39.8 Å². The molecular weight excluding hydrogens is 520 g/mol. The van der Waals surface area contributed by atoms with Gasteiger partial charge in [-0.05, 0) is 50.1 Å². The minimum absolute atomic E-state index is 0. The Morgan fingerprint density at radius 3 is 2.50 bits per heavy atom. The van der Waals surface area contributed by atoms with Crippen molar-refractivity contribution in [1.29, 1.82) is 0 Å². The summed E-state index contributed by atoms with van der Waals surface area (Å²) in [4.78, 5) is 4.86. The molecule has 1 unspecified atom stereocenters. The van der Waals surface area contributed by atoms with Crippen LogP contribution >= 0.6 is 24.0 Å². The molecular formula is C21H29FIN3O3S. The van der Waals surface area contributed by atoms with Crippen LogP contribution in [0, 0.1) is 12.7 Å². The number of halogens is 2. The van der Waals surface area contributed by atoms with Crippen LogP contribution in [0.1, 0.15) is 25.0 Å². The first kappa shape index (κ1) is 26.2. The molecule has 2 aromatic carbocycles. The topological polar surface area (TPSA) is 79.8 Å². The van der Waals surface area contributed by atoms with Crippen LogP contribution in [0.15, 0.2) is 52.4 Å². The average molecular weight is 549 g/mol. The van der Waals surface area contributed by atoms with Crippen LogP contribution in [0.25, 0.3) is 0 Å². The first-order valence-electron chi connectivity index (χ1n) is 9.43. The molecule has 0 amide bonds. The Balaban J connectivity index is 0.00000450. The number of hydrogen-bond donors (Lipinski definition) is 2. The molecule has 1 atom stereocenters. The van der Waals surface area contributed by atoms with Gasteiger partial charge in [-0.1, -0.05) is 24.3 Å². The third-order valence-corrected chi connectivity index (χ3v) is 5.38. The Bertz CT molecular complexity index is 968. The molecule has 0 heterocycles. The summed E-state index contributed by atoms with van der Waals surface area (Å²) in [5, 5.41) is 6.32. The summed E-state index contributed by atoms with van der Waals surface area (Å²) in [5.41, 5.74) is 1.60. The fourth-order valence-corrected chi connectivity index (χ4v) is 3.74. The van der Waals surface area contributed by atoms with Gasteiger partial charge in [-0.25, -0.2) is 17.8 Å². The number of sulfone groups is 1. The van der Waals surface area contributed by atoms with Gasteiger partial charge in [0.25, 0.3) is 0 Å². The molecule has 166 valence electrons. The molecule has 0 saturated heterocycles. The van der Waals surface area contributed by atoms with E-state index in [0.29, 0.717) is 36.1 Å². The van der Waals surface area contributed by atoms with Crippen LogP contribution in [0.4, 0.5) is 4.39 Å². The zero-order valence-electron chi connectivity index (χ0n) is 17.6. The van der Waals surface area contributed by atoms with E-state index in [-0.39, 0.29) is 35.8 Å². The summed E-state index contributed by atoms with van der Waals surface area (Å²) in [5.74, 6) is 0.416. The van der Waals surface area contributed by atoms with E-state index in [1.54, 1.807) is 37.3 Å². The van der Waals surface area contributed by atoms with Gasteiger partial charge in [0, 0.05) is 12.8 Å². The van der Waals surface area contributed by atoms with E-state index < -0.39 is 15.7 Å². The van der Waals surface area contributed by atoms with Gasteiger partial charge in [-0.3, -0.25) is 0 Å². The van der Waals surface area contributed by atoms with Crippen molar-refractivity contribution in [3.05, 3.63) is 59.4 Å². The Morgan fingerprint density at radius 1 is 1.20 bits per heavy atom. The lowest BCUT2D eigenvalue weighted by molar-refractivity contribution is 0.214. The minimum atomic E-state index is -3.24. The van der Waals surface area contributed by atoms with E-state index in [1.165, 1.54) is 12.3 Å². The number of guanidine groups is 1. The quantitative estimate of drug-likeness (QED) is 0.299. The number of ether oxygens (including phenoxy) is 1. The molecule has 30 heavy (non-hydrogen) atoms. The molecule has 0 radical (unpaired) electrons. The van der Waals surface area contributed by atoms with E-state index in [9.17, 15) is 12.8 Å². The number of aliphatic imine (C=N–C) groups is 1. The fraction of sp³-hybridized carbons (Fsp3) is 0.381. The predicted molar refractivity (Wildman–Crippen MR) is 129 cm³/mol. The molecule has 9 heteroatoms. The summed E-state index contributed by atoms with van der Waals surface area (Å²) in [6.45, 7) is 7.09. The van der Waals surface area contributed by atoms with Gasteiger partial charge in [-0.15, -0.1) is 24.0 Å².